The van der Waals surface area contributed by atoms with Gasteiger partial charge in [0.1, 0.15) is 11.2 Å². The minimum atomic E-state index is -0.939. The van der Waals surface area contributed by atoms with Crippen molar-refractivity contribution in [2.75, 3.05) is 0 Å². The SMILES string of the molecule is CC(C)C1(OC(=O)OOC(=O)OC2(C(C)C)CCC(C3CCCCC3)CC2)CCC(C2CCCCC2)CC1. The summed E-state index contributed by atoms with van der Waals surface area (Å²) in [6, 6.07) is 0. The minimum absolute atomic E-state index is 0.165. The van der Waals surface area contributed by atoms with Crippen molar-refractivity contribution in [2.24, 2.45) is 35.5 Å². The second kappa shape index (κ2) is 13.3. The zero-order chi connectivity index (χ0) is 27.2. The molecular formula is C32H54O6. The van der Waals surface area contributed by atoms with E-state index in [1.54, 1.807) is 0 Å². The highest BCUT2D eigenvalue weighted by Crippen LogP contribution is 2.47. The largest absolute Gasteiger partial charge is 0.550 e. The van der Waals surface area contributed by atoms with Crippen molar-refractivity contribution in [3.8, 4) is 0 Å². The molecule has 4 saturated carbocycles. The molecule has 0 radical (unpaired) electrons. The predicted octanol–water partition coefficient (Wildman–Crippen LogP) is 9.54. The van der Waals surface area contributed by atoms with E-state index in [4.69, 9.17) is 19.2 Å². The minimum Gasteiger partial charge on any atom is -0.425 e. The Morgan fingerprint density at radius 2 is 0.789 bits per heavy atom. The lowest BCUT2D eigenvalue weighted by atomic mass is 9.67. The molecule has 6 heteroatoms. The molecule has 0 unspecified atom stereocenters. The fourth-order valence-electron chi connectivity index (χ4n) is 8.44. The third-order valence-corrected chi connectivity index (χ3v) is 11.2. The summed E-state index contributed by atoms with van der Waals surface area (Å²) in [4.78, 5) is 35.1. The van der Waals surface area contributed by atoms with Gasteiger partial charge in [0.05, 0.1) is 0 Å². The maximum atomic E-state index is 12.7. The molecule has 38 heavy (non-hydrogen) atoms. The van der Waals surface area contributed by atoms with Crippen LogP contribution in [-0.2, 0) is 19.2 Å². The highest BCUT2D eigenvalue weighted by atomic mass is 17.3. The number of hydrogen-bond acceptors (Lipinski definition) is 6. The normalized spacial score (nSPS) is 33.6. The van der Waals surface area contributed by atoms with Crippen LogP contribution in [-0.4, -0.2) is 23.5 Å². The second-order valence-electron chi connectivity index (χ2n) is 13.8. The number of hydrogen-bond donors (Lipinski definition) is 0. The van der Waals surface area contributed by atoms with E-state index >= 15 is 0 Å². The number of carbonyl (C=O) groups excluding carboxylic acids is 2. The molecule has 0 amide bonds. The fourth-order valence-corrected chi connectivity index (χ4v) is 8.44. The maximum Gasteiger partial charge on any atom is 0.550 e. The quantitative estimate of drug-likeness (QED) is 0.192. The van der Waals surface area contributed by atoms with Crippen LogP contribution in [0.1, 0.15) is 143 Å². The van der Waals surface area contributed by atoms with Crippen molar-refractivity contribution in [1.29, 1.82) is 0 Å². The molecule has 0 atom stereocenters. The zero-order valence-electron chi connectivity index (χ0n) is 24.6. The van der Waals surface area contributed by atoms with Gasteiger partial charge in [-0.2, -0.15) is 19.4 Å². The van der Waals surface area contributed by atoms with E-state index < -0.39 is 23.5 Å². The summed E-state index contributed by atoms with van der Waals surface area (Å²) in [6.07, 6.45) is 19.3. The lowest BCUT2D eigenvalue weighted by Crippen LogP contribution is -2.46. The van der Waals surface area contributed by atoms with E-state index in [1.165, 1.54) is 64.2 Å². The predicted molar refractivity (Wildman–Crippen MR) is 147 cm³/mol. The molecule has 0 aromatic heterocycles. The molecule has 4 aliphatic carbocycles. The summed E-state index contributed by atoms with van der Waals surface area (Å²) in [5, 5.41) is 0. The third kappa shape index (κ3) is 7.18. The Kier molecular flexibility index (Phi) is 10.3. The van der Waals surface area contributed by atoms with Crippen molar-refractivity contribution in [3.63, 3.8) is 0 Å². The van der Waals surface area contributed by atoms with Gasteiger partial charge in [0.25, 0.3) is 0 Å². The highest BCUT2D eigenvalue weighted by Gasteiger charge is 2.45. The second-order valence-corrected chi connectivity index (χ2v) is 13.8. The Labute approximate surface area is 231 Å². The monoisotopic (exact) mass is 534 g/mol. The molecule has 4 aliphatic rings. The van der Waals surface area contributed by atoms with E-state index in [1.807, 2.05) is 0 Å². The van der Waals surface area contributed by atoms with Crippen LogP contribution in [0.2, 0.25) is 0 Å². The van der Waals surface area contributed by atoms with Crippen LogP contribution in [0.4, 0.5) is 9.59 Å². The molecule has 0 spiro atoms. The van der Waals surface area contributed by atoms with Crippen molar-refractivity contribution >= 4 is 12.3 Å². The van der Waals surface area contributed by atoms with Crippen molar-refractivity contribution in [1.82, 2.24) is 0 Å². The van der Waals surface area contributed by atoms with Crippen molar-refractivity contribution < 1.29 is 28.8 Å². The van der Waals surface area contributed by atoms with E-state index in [-0.39, 0.29) is 11.8 Å². The standard InChI is InChI=1S/C32H54O6/c1-23(2)31(19-15-27(16-20-31)25-11-7-5-8-12-25)35-29(33)37-38-30(34)36-32(24(3)4)21-17-28(18-22-32)26-13-9-6-10-14-26/h23-28H,5-22H2,1-4H3. The molecule has 0 heterocycles. The zero-order valence-corrected chi connectivity index (χ0v) is 24.6. The lowest BCUT2D eigenvalue weighted by Gasteiger charge is -2.44. The van der Waals surface area contributed by atoms with Crippen LogP contribution >= 0.6 is 0 Å². The molecule has 0 aromatic rings. The van der Waals surface area contributed by atoms with Gasteiger partial charge in [-0.15, -0.1) is 0 Å². The first-order chi connectivity index (χ1) is 18.2. The van der Waals surface area contributed by atoms with Crippen LogP contribution in [0.5, 0.6) is 0 Å². The van der Waals surface area contributed by atoms with Crippen LogP contribution in [0.15, 0.2) is 0 Å². The van der Waals surface area contributed by atoms with Gasteiger partial charge < -0.3 is 9.47 Å². The molecule has 4 rings (SSSR count). The van der Waals surface area contributed by atoms with Gasteiger partial charge in [-0.1, -0.05) is 91.9 Å². The molecule has 6 nitrogen and oxygen atoms in total. The molecule has 0 aliphatic heterocycles. The summed E-state index contributed by atoms with van der Waals surface area (Å²) in [5.74, 6) is 3.44. The maximum absolute atomic E-state index is 12.7. The number of carbonyl (C=O) groups is 2. The summed E-state index contributed by atoms with van der Waals surface area (Å²) in [6.45, 7) is 8.39. The molecule has 218 valence electrons. The first-order valence-corrected chi connectivity index (χ1v) is 16.0. The summed E-state index contributed by atoms with van der Waals surface area (Å²) < 4.78 is 11.8. The Hall–Kier alpha value is -1.46. The Bertz CT molecular complexity index is 684. The van der Waals surface area contributed by atoms with Crippen LogP contribution in [0.25, 0.3) is 0 Å². The van der Waals surface area contributed by atoms with E-state index in [0.29, 0.717) is 0 Å². The van der Waals surface area contributed by atoms with E-state index in [0.717, 1.165) is 75.0 Å². The van der Waals surface area contributed by atoms with Gasteiger partial charge in [0.2, 0.25) is 0 Å². The summed E-state index contributed by atoms with van der Waals surface area (Å²) >= 11 is 0. The molecule has 0 bridgehead atoms. The van der Waals surface area contributed by atoms with Gasteiger partial charge in [0.15, 0.2) is 0 Å². The van der Waals surface area contributed by atoms with E-state index in [2.05, 4.69) is 27.7 Å². The van der Waals surface area contributed by atoms with Gasteiger partial charge in [0, 0.05) is 0 Å². The Balaban J connectivity index is 1.23. The Morgan fingerprint density at radius 3 is 1.08 bits per heavy atom. The Morgan fingerprint density at radius 1 is 0.500 bits per heavy atom. The third-order valence-electron chi connectivity index (χ3n) is 11.2. The summed E-state index contributed by atoms with van der Waals surface area (Å²) in [7, 11) is 0. The molecule has 4 fully saturated rings. The smallest absolute Gasteiger partial charge is 0.425 e. The van der Waals surface area contributed by atoms with Crippen molar-refractivity contribution in [3.05, 3.63) is 0 Å². The van der Waals surface area contributed by atoms with Gasteiger partial charge in [-0.05, 0) is 86.9 Å². The molecular weight excluding hydrogens is 480 g/mol. The van der Waals surface area contributed by atoms with Gasteiger partial charge in [-0.3, -0.25) is 0 Å². The average molecular weight is 535 g/mol. The van der Waals surface area contributed by atoms with Crippen LogP contribution < -0.4 is 0 Å². The first-order valence-electron chi connectivity index (χ1n) is 16.0. The topological polar surface area (TPSA) is 71.1 Å². The molecule has 0 aromatic carbocycles. The first kappa shape index (κ1) is 29.5. The lowest BCUT2D eigenvalue weighted by molar-refractivity contribution is -0.246. The fraction of sp³-hybridized carbons (Fsp3) is 0.938. The number of rotatable bonds is 6. The van der Waals surface area contributed by atoms with Gasteiger partial charge >= 0.3 is 12.3 Å². The summed E-state index contributed by atoms with van der Waals surface area (Å²) in [5.41, 5.74) is -1.13. The van der Waals surface area contributed by atoms with Gasteiger partial charge in [-0.25, -0.2) is 0 Å². The highest BCUT2D eigenvalue weighted by molar-refractivity contribution is 5.64. The van der Waals surface area contributed by atoms with Crippen molar-refractivity contribution in [2.45, 2.75) is 154 Å². The van der Waals surface area contributed by atoms with Crippen LogP contribution in [0, 0.1) is 35.5 Å². The van der Waals surface area contributed by atoms with Crippen LogP contribution in [0.3, 0.4) is 0 Å². The molecule has 0 N–H and O–H groups in total. The number of ether oxygens (including phenoxy) is 2. The average Bonchev–Trinajstić information content (AvgIpc) is 2.93. The molecule has 0 saturated heterocycles. The van der Waals surface area contributed by atoms with E-state index in [9.17, 15) is 9.59 Å².